The Morgan fingerprint density at radius 3 is 2.40 bits per heavy atom. The second-order valence-corrected chi connectivity index (χ2v) is 2.92. The maximum absolute atomic E-state index is 7.33. The van der Waals surface area contributed by atoms with E-state index < -0.39 is 0 Å². The van der Waals surface area contributed by atoms with Crippen LogP contribution in [0.1, 0.15) is 33.6 Å². The molecule has 0 aromatic rings. The Hall–Kier alpha value is -0.370. The molecule has 10 heavy (non-hydrogen) atoms. The highest BCUT2D eigenvalue weighted by molar-refractivity contribution is 5.81. The SMILES string of the molecule is CCCC(N)C(C)C(C)=N. The fourth-order valence-corrected chi connectivity index (χ4v) is 0.904. The summed E-state index contributed by atoms with van der Waals surface area (Å²) in [7, 11) is 0. The Morgan fingerprint density at radius 1 is 1.60 bits per heavy atom. The summed E-state index contributed by atoms with van der Waals surface area (Å²) in [4.78, 5) is 0. The van der Waals surface area contributed by atoms with Gasteiger partial charge in [0.15, 0.2) is 0 Å². The lowest BCUT2D eigenvalue weighted by molar-refractivity contribution is 0.517. The van der Waals surface area contributed by atoms with Crippen LogP contribution in [0.15, 0.2) is 0 Å². The summed E-state index contributed by atoms with van der Waals surface area (Å²) in [5.74, 6) is 0.250. The molecule has 0 fully saturated rings. The van der Waals surface area contributed by atoms with Crippen LogP contribution in [0.25, 0.3) is 0 Å². The van der Waals surface area contributed by atoms with E-state index in [0.717, 1.165) is 12.8 Å². The third-order valence-corrected chi connectivity index (χ3v) is 1.95. The first-order valence-electron chi connectivity index (χ1n) is 3.90. The zero-order chi connectivity index (χ0) is 8.15. The maximum Gasteiger partial charge on any atom is 0.0117 e. The molecule has 0 rings (SSSR count). The molecule has 0 aliphatic carbocycles. The predicted octanol–water partition coefficient (Wildman–Crippen LogP) is 1.79. The van der Waals surface area contributed by atoms with Gasteiger partial charge in [0.2, 0.25) is 0 Å². The molecule has 2 nitrogen and oxygen atoms in total. The van der Waals surface area contributed by atoms with Crippen molar-refractivity contribution in [1.82, 2.24) is 0 Å². The van der Waals surface area contributed by atoms with Crippen molar-refractivity contribution in [3.8, 4) is 0 Å². The zero-order valence-corrected chi connectivity index (χ0v) is 7.15. The van der Waals surface area contributed by atoms with Crippen LogP contribution in [-0.2, 0) is 0 Å². The Labute approximate surface area is 63.3 Å². The van der Waals surface area contributed by atoms with Crippen LogP contribution in [0.5, 0.6) is 0 Å². The predicted molar refractivity (Wildman–Crippen MR) is 45.4 cm³/mol. The van der Waals surface area contributed by atoms with Crippen molar-refractivity contribution in [3.05, 3.63) is 0 Å². The fraction of sp³-hybridized carbons (Fsp3) is 0.875. The molecule has 0 aromatic carbocycles. The van der Waals surface area contributed by atoms with Crippen LogP contribution in [0.3, 0.4) is 0 Å². The molecular weight excluding hydrogens is 124 g/mol. The molecule has 0 aliphatic rings. The van der Waals surface area contributed by atoms with E-state index in [9.17, 15) is 0 Å². The van der Waals surface area contributed by atoms with Crippen molar-refractivity contribution in [2.75, 3.05) is 0 Å². The van der Waals surface area contributed by atoms with Gasteiger partial charge in [-0.25, -0.2) is 0 Å². The lowest BCUT2D eigenvalue weighted by Gasteiger charge is -2.17. The van der Waals surface area contributed by atoms with Gasteiger partial charge in [0, 0.05) is 17.7 Å². The van der Waals surface area contributed by atoms with Gasteiger partial charge in [0.1, 0.15) is 0 Å². The second kappa shape index (κ2) is 4.45. The van der Waals surface area contributed by atoms with Gasteiger partial charge < -0.3 is 11.1 Å². The Balaban J connectivity index is 3.69. The van der Waals surface area contributed by atoms with Gasteiger partial charge in [0.25, 0.3) is 0 Å². The molecule has 0 spiro atoms. The van der Waals surface area contributed by atoms with E-state index in [1.54, 1.807) is 0 Å². The van der Waals surface area contributed by atoms with E-state index in [4.69, 9.17) is 11.1 Å². The van der Waals surface area contributed by atoms with Crippen LogP contribution >= 0.6 is 0 Å². The average molecular weight is 142 g/mol. The van der Waals surface area contributed by atoms with E-state index in [1.165, 1.54) is 0 Å². The summed E-state index contributed by atoms with van der Waals surface area (Å²) >= 11 is 0. The number of hydrogen-bond donors (Lipinski definition) is 2. The smallest absolute Gasteiger partial charge is 0.0117 e. The average Bonchev–Trinajstić information content (AvgIpc) is 1.87. The number of hydrogen-bond acceptors (Lipinski definition) is 2. The van der Waals surface area contributed by atoms with Crippen LogP contribution in [0, 0.1) is 11.3 Å². The lowest BCUT2D eigenvalue weighted by Crippen LogP contribution is -2.31. The third kappa shape index (κ3) is 2.97. The highest BCUT2D eigenvalue weighted by atomic mass is 14.7. The number of rotatable bonds is 4. The molecule has 2 atom stereocenters. The van der Waals surface area contributed by atoms with Crippen LogP contribution in [0.4, 0.5) is 0 Å². The Morgan fingerprint density at radius 2 is 2.10 bits per heavy atom. The third-order valence-electron chi connectivity index (χ3n) is 1.95. The van der Waals surface area contributed by atoms with E-state index in [0.29, 0.717) is 5.71 Å². The standard InChI is InChI=1S/C8H18N2/c1-4-5-8(10)6(2)7(3)9/h6,8-9H,4-5,10H2,1-3H3. The van der Waals surface area contributed by atoms with Crippen molar-refractivity contribution in [2.45, 2.75) is 39.7 Å². The number of nitrogens with two attached hydrogens (primary N) is 1. The van der Waals surface area contributed by atoms with E-state index in [-0.39, 0.29) is 12.0 Å². The van der Waals surface area contributed by atoms with E-state index >= 15 is 0 Å². The first-order chi connectivity index (χ1) is 4.59. The van der Waals surface area contributed by atoms with Gasteiger partial charge in [-0.15, -0.1) is 0 Å². The van der Waals surface area contributed by atoms with E-state index in [1.807, 2.05) is 13.8 Å². The first-order valence-corrected chi connectivity index (χ1v) is 3.90. The molecule has 0 aliphatic heterocycles. The van der Waals surface area contributed by atoms with Gasteiger partial charge in [-0.2, -0.15) is 0 Å². The molecule has 2 unspecified atom stereocenters. The summed E-state index contributed by atoms with van der Waals surface area (Å²) in [6, 6.07) is 0.183. The van der Waals surface area contributed by atoms with E-state index in [2.05, 4.69) is 6.92 Å². The van der Waals surface area contributed by atoms with Gasteiger partial charge in [-0.05, 0) is 13.3 Å². The van der Waals surface area contributed by atoms with Crippen molar-refractivity contribution in [3.63, 3.8) is 0 Å². The van der Waals surface area contributed by atoms with Crippen LogP contribution in [0.2, 0.25) is 0 Å². The summed E-state index contributed by atoms with van der Waals surface area (Å²) in [5, 5.41) is 7.33. The van der Waals surface area contributed by atoms with Crippen molar-refractivity contribution in [1.29, 1.82) is 5.41 Å². The molecule has 0 amide bonds. The lowest BCUT2D eigenvalue weighted by atomic mass is 9.95. The number of nitrogens with one attached hydrogen (secondary N) is 1. The minimum Gasteiger partial charge on any atom is -0.327 e. The molecule has 60 valence electrons. The van der Waals surface area contributed by atoms with Crippen molar-refractivity contribution < 1.29 is 0 Å². The molecule has 0 saturated heterocycles. The zero-order valence-electron chi connectivity index (χ0n) is 7.15. The minimum absolute atomic E-state index is 0.183. The van der Waals surface area contributed by atoms with Crippen molar-refractivity contribution >= 4 is 5.71 Å². The summed E-state index contributed by atoms with van der Waals surface area (Å²) in [5.41, 5.74) is 6.48. The molecule has 0 heterocycles. The molecule has 2 heteroatoms. The second-order valence-electron chi connectivity index (χ2n) is 2.92. The highest BCUT2D eigenvalue weighted by Crippen LogP contribution is 2.07. The molecule has 0 bridgehead atoms. The highest BCUT2D eigenvalue weighted by Gasteiger charge is 2.12. The molecule has 0 aromatic heterocycles. The van der Waals surface area contributed by atoms with Gasteiger partial charge in [-0.3, -0.25) is 0 Å². The van der Waals surface area contributed by atoms with Crippen molar-refractivity contribution in [2.24, 2.45) is 11.7 Å². The Kier molecular flexibility index (Phi) is 4.28. The molecular formula is C8H18N2. The van der Waals surface area contributed by atoms with Gasteiger partial charge >= 0.3 is 0 Å². The fourth-order valence-electron chi connectivity index (χ4n) is 0.904. The first kappa shape index (κ1) is 9.63. The maximum atomic E-state index is 7.33. The quantitative estimate of drug-likeness (QED) is 0.578. The summed E-state index contributed by atoms with van der Waals surface area (Å²) in [6.07, 6.45) is 2.14. The normalized spacial score (nSPS) is 16.4. The molecule has 3 N–H and O–H groups in total. The summed E-state index contributed by atoms with van der Waals surface area (Å²) in [6.45, 7) is 5.95. The van der Waals surface area contributed by atoms with Crippen LogP contribution in [-0.4, -0.2) is 11.8 Å². The Bertz CT molecular complexity index is 110. The monoisotopic (exact) mass is 142 g/mol. The minimum atomic E-state index is 0.183. The van der Waals surface area contributed by atoms with Gasteiger partial charge in [-0.1, -0.05) is 20.3 Å². The largest absolute Gasteiger partial charge is 0.327 e. The molecule has 0 radical (unpaired) electrons. The molecule has 0 saturated carbocycles. The van der Waals surface area contributed by atoms with Gasteiger partial charge in [0.05, 0.1) is 0 Å². The summed E-state index contributed by atoms with van der Waals surface area (Å²) < 4.78 is 0. The topological polar surface area (TPSA) is 49.9 Å². The van der Waals surface area contributed by atoms with Crippen LogP contribution < -0.4 is 5.73 Å².